The molecule has 1 aromatic carbocycles. The number of aromatic amines is 1. The van der Waals surface area contributed by atoms with Crippen LogP contribution >= 0.6 is 22.6 Å². The van der Waals surface area contributed by atoms with Crippen LogP contribution in [0, 0.1) is 15.3 Å². The summed E-state index contributed by atoms with van der Waals surface area (Å²) in [6, 6.07) is 6.34. The number of rotatable bonds is 4. The lowest BCUT2D eigenvalue weighted by atomic mass is 10.1. The zero-order valence-corrected chi connectivity index (χ0v) is 13.6. The summed E-state index contributed by atoms with van der Waals surface area (Å²) in [6.45, 7) is 4.18. The first-order chi connectivity index (χ1) is 9.45. The first-order valence-corrected chi connectivity index (χ1v) is 7.55. The summed E-state index contributed by atoms with van der Waals surface area (Å²) < 4.78 is 13.8. The van der Waals surface area contributed by atoms with Crippen LogP contribution in [0.5, 0.6) is 0 Å². The van der Waals surface area contributed by atoms with Gasteiger partial charge in [0.1, 0.15) is 11.6 Å². The molecule has 5 heteroatoms. The van der Waals surface area contributed by atoms with Crippen molar-refractivity contribution in [2.24, 2.45) is 5.92 Å². The molecular weight excluding hydrogens is 370 g/mol. The molecule has 0 radical (unpaired) electrons. The maximum atomic E-state index is 13.2. The molecule has 0 fully saturated rings. The third-order valence-electron chi connectivity index (χ3n) is 2.84. The molecule has 2 rings (SSSR count). The molecule has 20 heavy (non-hydrogen) atoms. The Hall–Kier alpha value is -1.24. The van der Waals surface area contributed by atoms with Crippen LogP contribution in [0.3, 0.4) is 0 Å². The Bertz CT molecular complexity index is 667. The number of benzene rings is 1. The molecule has 0 aliphatic carbocycles. The Morgan fingerprint density at radius 2 is 2.15 bits per heavy atom. The monoisotopic (exact) mass is 386 g/mol. The lowest BCUT2D eigenvalue weighted by Crippen LogP contribution is -2.19. The molecule has 1 aromatic heterocycles. The maximum Gasteiger partial charge on any atom is 0.264 e. The summed E-state index contributed by atoms with van der Waals surface area (Å²) >= 11 is 2.03. The minimum atomic E-state index is -0.280. The predicted octanol–water partition coefficient (Wildman–Crippen LogP) is 3.30. The zero-order valence-electron chi connectivity index (χ0n) is 11.4. The molecule has 1 N–H and O–H groups in total. The molecule has 106 valence electrons. The second-order valence-corrected chi connectivity index (χ2v) is 6.26. The average Bonchev–Trinajstić information content (AvgIpc) is 2.35. The van der Waals surface area contributed by atoms with Crippen molar-refractivity contribution in [2.75, 3.05) is 0 Å². The first-order valence-electron chi connectivity index (χ1n) is 6.47. The number of H-pyrrole nitrogens is 1. The maximum absolute atomic E-state index is 13.2. The number of hydrogen-bond donors (Lipinski definition) is 1. The first kappa shape index (κ1) is 15.2. The van der Waals surface area contributed by atoms with Gasteiger partial charge in [0.2, 0.25) is 0 Å². The second kappa shape index (κ2) is 6.47. The van der Waals surface area contributed by atoms with Crippen LogP contribution in [-0.4, -0.2) is 9.97 Å². The molecule has 0 aliphatic rings. The van der Waals surface area contributed by atoms with Crippen molar-refractivity contribution in [2.45, 2.75) is 26.7 Å². The van der Waals surface area contributed by atoms with Gasteiger partial charge in [-0.15, -0.1) is 0 Å². The highest BCUT2D eigenvalue weighted by molar-refractivity contribution is 14.1. The lowest BCUT2D eigenvalue weighted by Gasteiger charge is -2.09. The topological polar surface area (TPSA) is 45.8 Å². The quantitative estimate of drug-likeness (QED) is 0.820. The third-order valence-corrected chi connectivity index (χ3v) is 3.96. The van der Waals surface area contributed by atoms with Crippen LogP contribution in [0.1, 0.15) is 30.9 Å². The molecule has 0 saturated heterocycles. The minimum Gasteiger partial charge on any atom is -0.309 e. The van der Waals surface area contributed by atoms with Crippen molar-refractivity contribution in [1.82, 2.24) is 9.97 Å². The number of aromatic nitrogens is 2. The Balaban J connectivity index is 2.33. The third kappa shape index (κ3) is 3.88. The van der Waals surface area contributed by atoms with E-state index < -0.39 is 0 Å². The normalized spacial score (nSPS) is 11.1. The van der Waals surface area contributed by atoms with Gasteiger partial charge in [-0.05, 0) is 52.6 Å². The van der Waals surface area contributed by atoms with Crippen LogP contribution in [0.25, 0.3) is 0 Å². The molecule has 0 aliphatic heterocycles. The van der Waals surface area contributed by atoms with Gasteiger partial charge in [-0.25, -0.2) is 9.37 Å². The molecule has 0 saturated carbocycles. The van der Waals surface area contributed by atoms with Gasteiger partial charge in [-0.2, -0.15) is 0 Å². The van der Waals surface area contributed by atoms with E-state index in [0.29, 0.717) is 21.7 Å². The van der Waals surface area contributed by atoms with Crippen LogP contribution in [-0.2, 0) is 12.8 Å². The van der Waals surface area contributed by atoms with Gasteiger partial charge >= 0.3 is 0 Å². The van der Waals surface area contributed by atoms with E-state index in [0.717, 1.165) is 17.7 Å². The summed E-state index contributed by atoms with van der Waals surface area (Å²) in [4.78, 5) is 19.2. The van der Waals surface area contributed by atoms with Crippen LogP contribution < -0.4 is 5.56 Å². The van der Waals surface area contributed by atoms with E-state index in [1.807, 2.05) is 28.7 Å². The van der Waals surface area contributed by atoms with Crippen LogP contribution in [0.2, 0.25) is 0 Å². The zero-order chi connectivity index (χ0) is 14.7. The Kier molecular flexibility index (Phi) is 4.91. The molecular formula is C15H16FIN2O. The fourth-order valence-electron chi connectivity index (χ4n) is 2.00. The van der Waals surface area contributed by atoms with E-state index in [1.165, 1.54) is 12.1 Å². The van der Waals surface area contributed by atoms with Gasteiger partial charge in [-0.1, -0.05) is 26.0 Å². The Labute approximate surface area is 130 Å². The van der Waals surface area contributed by atoms with Crippen molar-refractivity contribution in [3.63, 3.8) is 0 Å². The summed E-state index contributed by atoms with van der Waals surface area (Å²) in [5.41, 5.74) is 1.49. The van der Waals surface area contributed by atoms with Gasteiger partial charge in [0.05, 0.1) is 9.26 Å². The molecule has 3 nitrogen and oxygen atoms in total. The predicted molar refractivity (Wildman–Crippen MR) is 85.3 cm³/mol. The molecule has 0 spiro atoms. The minimum absolute atomic E-state index is 0.123. The average molecular weight is 386 g/mol. The summed E-state index contributed by atoms with van der Waals surface area (Å²) in [6.07, 6.45) is 1.19. The van der Waals surface area contributed by atoms with Crippen molar-refractivity contribution in [3.05, 3.63) is 61.1 Å². The fourth-order valence-corrected chi connectivity index (χ4v) is 2.48. The van der Waals surface area contributed by atoms with E-state index >= 15 is 0 Å². The van der Waals surface area contributed by atoms with Crippen molar-refractivity contribution in [3.8, 4) is 0 Å². The standard InChI is InChI=1S/C15H16FIN2O/c1-9(2)6-12-14(17)15(20)19-13(18-12)8-10-4-3-5-11(16)7-10/h3-5,7,9H,6,8H2,1-2H3,(H,18,19,20). The van der Waals surface area contributed by atoms with Gasteiger partial charge < -0.3 is 4.98 Å². The highest BCUT2D eigenvalue weighted by Gasteiger charge is 2.11. The summed E-state index contributed by atoms with van der Waals surface area (Å²) in [7, 11) is 0. The molecule has 1 heterocycles. The summed E-state index contributed by atoms with van der Waals surface area (Å²) in [5, 5.41) is 0. The fraction of sp³-hybridized carbons (Fsp3) is 0.333. The molecule has 0 amide bonds. The lowest BCUT2D eigenvalue weighted by molar-refractivity contribution is 0.623. The number of hydrogen-bond acceptors (Lipinski definition) is 2. The molecule has 0 bridgehead atoms. The van der Waals surface area contributed by atoms with Crippen LogP contribution in [0.15, 0.2) is 29.1 Å². The molecule has 2 aromatic rings. The van der Waals surface area contributed by atoms with E-state index in [9.17, 15) is 9.18 Å². The SMILES string of the molecule is CC(C)Cc1nc(Cc2cccc(F)c2)[nH]c(=O)c1I. The van der Waals surface area contributed by atoms with Gasteiger partial charge in [-0.3, -0.25) is 4.79 Å². The van der Waals surface area contributed by atoms with E-state index in [2.05, 4.69) is 23.8 Å². The number of nitrogens with zero attached hydrogens (tertiary/aromatic N) is 1. The van der Waals surface area contributed by atoms with Gasteiger partial charge in [0, 0.05) is 6.42 Å². The smallest absolute Gasteiger partial charge is 0.264 e. The van der Waals surface area contributed by atoms with Crippen molar-refractivity contribution < 1.29 is 4.39 Å². The molecule has 0 unspecified atom stereocenters. The van der Waals surface area contributed by atoms with Gasteiger partial charge in [0.15, 0.2) is 0 Å². The second-order valence-electron chi connectivity index (χ2n) is 5.18. The highest BCUT2D eigenvalue weighted by atomic mass is 127. The largest absolute Gasteiger partial charge is 0.309 e. The van der Waals surface area contributed by atoms with E-state index in [4.69, 9.17) is 0 Å². The van der Waals surface area contributed by atoms with Gasteiger partial charge in [0.25, 0.3) is 5.56 Å². The highest BCUT2D eigenvalue weighted by Crippen LogP contribution is 2.13. The van der Waals surface area contributed by atoms with E-state index in [-0.39, 0.29) is 11.4 Å². The Morgan fingerprint density at radius 3 is 2.80 bits per heavy atom. The number of nitrogens with one attached hydrogen (secondary N) is 1. The molecule has 0 atom stereocenters. The van der Waals surface area contributed by atoms with Crippen molar-refractivity contribution >= 4 is 22.6 Å². The number of halogens is 2. The van der Waals surface area contributed by atoms with E-state index in [1.54, 1.807) is 6.07 Å². The van der Waals surface area contributed by atoms with Crippen molar-refractivity contribution in [1.29, 1.82) is 0 Å². The Morgan fingerprint density at radius 1 is 1.40 bits per heavy atom. The summed E-state index contributed by atoms with van der Waals surface area (Å²) in [5.74, 6) is 0.731. The van der Waals surface area contributed by atoms with Crippen LogP contribution in [0.4, 0.5) is 4.39 Å².